The van der Waals surface area contributed by atoms with Crippen LogP contribution in [0.3, 0.4) is 0 Å². The lowest BCUT2D eigenvalue weighted by Gasteiger charge is -2.12. The van der Waals surface area contributed by atoms with E-state index in [0.717, 1.165) is 5.56 Å². The number of sulfonamides is 1. The van der Waals surface area contributed by atoms with Crippen LogP contribution in [0, 0.1) is 0 Å². The normalized spacial score (nSPS) is 15.1. The number of aliphatic hydroxyl groups excluding tert-OH is 1. The van der Waals surface area contributed by atoms with Crippen molar-refractivity contribution in [2.24, 2.45) is 5.14 Å². The zero-order valence-corrected chi connectivity index (χ0v) is 14.0. The minimum Gasteiger partial charge on any atom is -0.503 e. The average molecular weight is 353 g/mol. The summed E-state index contributed by atoms with van der Waals surface area (Å²) in [6.07, 6.45) is 0.468. The molecule has 0 saturated carbocycles. The van der Waals surface area contributed by atoms with Crippen LogP contribution in [-0.2, 0) is 26.0 Å². The average Bonchev–Trinajstić information content (AvgIpc) is 2.82. The Bertz CT molecular complexity index is 784. The predicted octanol–water partition coefficient (Wildman–Crippen LogP) is -0.333. The Balaban J connectivity index is 1.91. The number of primary sulfonamides is 1. The highest BCUT2D eigenvalue weighted by molar-refractivity contribution is 7.89. The molecule has 0 fully saturated rings. The van der Waals surface area contributed by atoms with Crippen LogP contribution < -0.4 is 10.5 Å². The van der Waals surface area contributed by atoms with Crippen molar-refractivity contribution in [3.05, 3.63) is 41.2 Å². The van der Waals surface area contributed by atoms with Gasteiger partial charge in [0.1, 0.15) is 0 Å². The topological polar surface area (TPSA) is 130 Å². The van der Waals surface area contributed by atoms with E-state index in [-0.39, 0.29) is 23.6 Å². The number of carbonyl (C=O) groups excluding carboxylic acids is 2. The van der Waals surface area contributed by atoms with Gasteiger partial charge in [0.05, 0.1) is 17.0 Å². The molecule has 24 heavy (non-hydrogen) atoms. The molecule has 1 aromatic carbocycles. The molecular formula is C15H19N3O5S. The molecule has 0 aromatic heterocycles. The second kappa shape index (κ2) is 7.02. The quantitative estimate of drug-likeness (QED) is 0.644. The van der Waals surface area contributed by atoms with E-state index < -0.39 is 27.6 Å². The van der Waals surface area contributed by atoms with E-state index in [4.69, 9.17) is 5.14 Å². The second-order valence-electron chi connectivity index (χ2n) is 5.34. The summed E-state index contributed by atoms with van der Waals surface area (Å²) in [6.45, 7) is 2.55. The van der Waals surface area contributed by atoms with Gasteiger partial charge >= 0.3 is 0 Å². The maximum absolute atomic E-state index is 12.0. The smallest absolute Gasteiger partial charge is 0.289 e. The lowest BCUT2D eigenvalue weighted by atomic mass is 10.1. The summed E-state index contributed by atoms with van der Waals surface area (Å²) in [5, 5.41) is 17.4. The Morgan fingerprint density at radius 1 is 1.33 bits per heavy atom. The van der Waals surface area contributed by atoms with Gasteiger partial charge in [-0.05, 0) is 31.0 Å². The Morgan fingerprint density at radius 2 is 1.96 bits per heavy atom. The molecular weight excluding hydrogens is 334 g/mol. The number of nitrogens with two attached hydrogens (primary N) is 1. The molecule has 0 saturated heterocycles. The van der Waals surface area contributed by atoms with Crippen molar-refractivity contribution in [1.82, 2.24) is 10.2 Å². The molecule has 0 bridgehead atoms. The first-order chi connectivity index (χ1) is 11.2. The van der Waals surface area contributed by atoms with Gasteiger partial charge in [0, 0.05) is 13.1 Å². The third-order valence-electron chi connectivity index (χ3n) is 3.73. The van der Waals surface area contributed by atoms with Gasteiger partial charge in [0.15, 0.2) is 5.76 Å². The lowest BCUT2D eigenvalue weighted by Crippen LogP contribution is -2.31. The van der Waals surface area contributed by atoms with Gasteiger partial charge in [-0.1, -0.05) is 12.1 Å². The summed E-state index contributed by atoms with van der Waals surface area (Å²) in [6, 6.07) is 6.02. The number of rotatable bonds is 6. The Kier molecular flexibility index (Phi) is 5.25. The maximum atomic E-state index is 12.0. The van der Waals surface area contributed by atoms with Crippen molar-refractivity contribution >= 4 is 21.8 Å². The lowest BCUT2D eigenvalue weighted by molar-refractivity contribution is -0.127. The Labute approximate surface area is 140 Å². The van der Waals surface area contributed by atoms with Crippen LogP contribution in [-0.4, -0.2) is 49.9 Å². The zero-order valence-electron chi connectivity index (χ0n) is 13.2. The highest BCUT2D eigenvalue weighted by Crippen LogP contribution is 2.16. The number of nitrogens with one attached hydrogen (secondary N) is 1. The first-order valence-electron chi connectivity index (χ1n) is 7.35. The largest absolute Gasteiger partial charge is 0.503 e. The van der Waals surface area contributed by atoms with E-state index in [9.17, 15) is 23.1 Å². The third-order valence-corrected chi connectivity index (χ3v) is 4.66. The highest BCUT2D eigenvalue weighted by atomic mass is 32.2. The second-order valence-corrected chi connectivity index (χ2v) is 6.90. The van der Waals surface area contributed by atoms with Gasteiger partial charge in [0.2, 0.25) is 10.0 Å². The standard InChI is InChI=1S/C15H19N3O5S/c1-2-18-9-12(13(19)15(18)21)14(20)17-8-7-10-3-5-11(6-4-10)24(16,22)23/h3-6,19H,2,7-9H2,1H3,(H,17,20)(H2,16,22,23). The van der Waals surface area contributed by atoms with Gasteiger partial charge in [-0.3, -0.25) is 9.59 Å². The van der Waals surface area contributed by atoms with Crippen molar-refractivity contribution in [2.75, 3.05) is 19.6 Å². The number of carbonyl (C=O) groups is 2. The van der Waals surface area contributed by atoms with Crippen molar-refractivity contribution < 1.29 is 23.1 Å². The molecule has 9 heteroatoms. The summed E-state index contributed by atoms with van der Waals surface area (Å²) in [5.41, 5.74) is 0.880. The predicted molar refractivity (Wildman–Crippen MR) is 86.4 cm³/mol. The zero-order chi connectivity index (χ0) is 17.9. The van der Waals surface area contributed by atoms with E-state index in [2.05, 4.69) is 5.32 Å². The number of likely N-dealkylation sites (N-methyl/N-ethyl adjacent to an activating group) is 1. The van der Waals surface area contributed by atoms with Crippen molar-refractivity contribution in [1.29, 1.82) is 0 Å². The van der Waals surface area contributed by atoms with Gasteiger partial charge in [-0.25, -0.2) is 13.6 Å². The molecule has 130 valence electrons. The van der Waals surface area contributed by atoms with Crippen LogP contribution >= 0.6 is 0 Å². The molecule has 0 radical (unpaired) electrons. The summed E-state index contributed by atoms with van der Waals surface area (Å²) >= 11 is 0. The number of hydrogen-bond donors (Lipinski definition) is 3. The van der Waals surface area contributed by atoms with Gasteiger partial charge in [0.25, 0.3) is 11.8 Å². The molecule has 0 aliphatic carbocycles. The molecule has 2 rings (SSSR count). The van der Waals surface area contributed by atoms with Crippen LogP contribution in [0.15, 0.2) is 40.5 Å². The number of nitrogens with zero attached hydrogens (tertiary/aromatic N) is 1. The molecule has 1 aromatic rings. The third kappa shape index (κ3) is 3.92. The summed E-state index contributed by atoms with van der Waals surface area (Å²) < 4.78 is 22.3. The summed E-state index contributed by atoms with van der Waals surface area (Å²) in [5.74, 6) is -1.54. The highest BCUT2D eigenvalue weighted by Gasteiger charge is 2.32. The van der Waals surface area contributed by atoms with E-state index in [1.54, 1.807) is 19.1 Å². The van der Waals surface area contributed by atoms with Crippen LogP contribution in [0.2, 0.25) is 0 Å². The molecule has 1 aliphatic rings. The van der Waals surface area contributed by atoms with E-state index in [1.165, 1.54) is 17.0 Å². The van der Waals surface area contributed by atoms with E-state index in [0.29, 0.717) is 13.0 Å². The van der Waals surface area contributed by atoms with Crippen LogP contribution in [0.5, 0.6) is 0 Å². The molecule has 8 nitrogen and oxygen atoms in total. The first kappa shape index (κ1) is 18.0. The summed E-state index contributed by atoms with van der Waals surface area (Å²) in [4.78, 5) is 25.1. The van der Waals surface area contributed by atoms with Gasteiger partial charge in [-0.15, -0.1) is 0 Å². The number of amides is 2. The number of hydrogen-bond acceptors (Lipinski definition) is 5. The van der Waals surface area contributed by atoms with Gasteiger partial charge < -0.3 is 15.3 Å². The maximum Gasteiger partial charge on any atom is 0.289 e. The number of benzene rings is 1. The van der Waals surface area contributed by atoms with Crippen LogP contribution in [0.4, 0.5) is 0 Å². The first-order valence-corrected chi connectivity index (χ1v) is 8.90. The number of aliphatic hydroxyl groups is 1. The van der Waals surface area contributed by atoms with Gasteiger partial charge in [-0.2, -0.15) is 0 Å². The fourth-order valence-electron chi connectivity index (χ4n) is 2.32. The fraction of sp³-hybridized carbons (Fsp3) is 0.333. The fourth-order valence-corrected chi connectivity index (χ4v) is 2.84. The monoisotopic (exact) mass is 353 g/mol. The van der Waals surface area contributed by atoms with E-state index in [1.807, 2.05) is 0 Å². The van der Waals surface area contributed by atoms with Crippen molar-refractivity contribution in [2.45, 2.75) is 18.2 Å². The molecule has 2 amide bonds. The van der Waals surface area contributed by atoms with Crippen LogP contribution in [0.1, 0.15) is 12.5 Å². The molecule has 1 heterocycles. The Hall–Kier alpha value is -2.39. The molecule has 1 aliphatic heterocycles. The molecule has 4 N–H and O–H groups in total. The minimum absolute atomic E-state index is 0.0227. The minimum atomic E-state index is -3.72. The van der Waals surface area contributed by atoms with Crippen molar-refractivity contribution in [3.8, 4) is 0 Å². The van der Waals surface area contributed by atoms with Crippen LogP contribution in [0.25, 0.3) is 0 Å². The molecule has 0 spiro atoms. The van der Waals surface area contributed by atoms with E-state index >= 15 is 0 Å². The molecule has 0 unspecified atom stereocenters. The molecule has 0 atom stereocenters. The summed E-state index contributed by atoms with van der Waals surface area (Å²) in [7, 11) is -3.72. The SMILES string of the molecule is CCN1CC(C(=O)NCCc2ccc(S(N)(=O)=O)cc2)=C(O)C1=O. The van der Waals surface area contributed by atoms with Crippen molar-refractivity contribution in [3.63, 3.8) is 0 Å². The Morgan fingerprint density at radius 3 is 2.46 bits per heavy atom.